The molecule has 0 unspecified atom stereocenters. The zero-order valence-electron chi connectivity index (χ0n) is 13.2. The molecule has 3 rings (SSSR count). The van der Waals surface area contributed by atoms with Crippen LogP contribution in [0.4, 0.5) is 5.00 Å². The van der Waals surface area contributed by atoms with Crippen LogP contribution in [-0.4, -0.2) is 37.6 Å². The smallest absolute Gasteiger partial charge is 0.239 e. The number of carbonyl (C=O) groups excluding carboxylic acids is 1. The van der Waals surface area contributed by atoms with E-state index in [1.54, 1.807) is 11.4 Å². The molecule has 6 nitrogen and oxygen atoms in total. The first-order valence-electron chi connectivity index (χ1n) is 7.50. The summed E-state index contributed by atoms with van der Waals surface area (Å²) in [6, 6.07) is 9.55. The highest BCUT2D eigenvalue weighted by molar-refractivity contribution is 7.14. The minimum Gasteiger partial charge on any atom is -0.486 e. The van der Waals surface area contributed by atoms with E-state index in [2.05, 4.69) is 11.4 Å². The van der Waals surface area contributed by atoms with E-state index in [4.69, 9.17) is 14.7 Å². The molecule has 0 radical (unpaired) electrons. The Morgan fingerprint density at radius 1 is 1.33 bits per heavy atom. The van der Waals surface area contributed by atoms with Crippen molar-refractivity contribution in [1.29, 1.82) is 5.26 Å². The topological polar surface area (TPSA) is 74.6 Å². The van der Waals surface area contributed by atoms with Gasteiger partial charge in [0.1, 0.15) is 24.3 Å². The molecule has 7 heteroatoms. The number of hydrogen-bond acceptors (Lipinski definition) is 6. The lowest BCUT2D eigenvalue weighted by Gasteiger charge is -2.20. The summed E-state index contributed by atoms with van der Waals surface area (Å²) in [5.41, 5.74) is 1.53. The summed E-state index contributed by atoms with van der Waals surface area (Å²) in [7, 11) is 1.87. The van der Waals surface area contributed by atoms with Crippen molar-refractivity contribution < 1.29 is 14.3 Å². The second-order valence-corrected chi connectivity index (χ2v) is 6.39. The number of nitrogens with zero attached hydrogens (tertiary/aromatic N) is 2. The Labute approximate surface area is 144 Å². The predicted molar refractivity (Wildman–Crippen MR) is 91.4 cm³/mol. The first-order valence-corrected chi connectivity index (χ1v) is 8.38. The predicted octanol–water partition coefficient (Wildman–Crippen LogP) is 2.46. The Morgan fingerprint density at radius 2 is 2.12 bits per heavy atom. The quantitative estimate of drug-likeness (QED) is 0.903. The molecule has 1 N–H and O–H groups in total. The van der Waals surface area contributed by atoms with Gasteiger partial charge in [-0.25, -0.2) is 0 Å². The lowest BCUT2D eigenvalue weighted by molar-refractivity contribution is -0.117. The number of nitriles is 1. The number of rotatable bonds is 5. The molecule has 1 amide bonds. The molecule has 0 saturated heterocycles. The second-order valence-electron chi connectivity index (χ2n) is 5.47. The number of amides is 1. The number of anilines is 1. The van der Waals surface area contributed by atoms with E-state index in [0.717, 1.165) is 17.1 Å². The van der Waals surface area contributed by atoms with Crippen LogP contribution >= 0.6 is 11.3 Å². The van der Waals surface area contributed by atoms with Gasteiger partial charge in [0.2, 0.25) is 5.91 Å². The molecule has 2 aromatic rings. The van der Waals surface area contributed by atoms with Gasteiger partial charge >= 0.3 is 0 Å². The highest BCUT2D eigenvalue weighted by Gasteiger charge is 2.14. The summed E-state index contributed by atoms with van der Waals surface area (Å²) in [5.74, 6) is 1.36. The van der Waals surface area contributed by atoms with Crippen LogP contribution < -0.4 is 14.8 Å². The molecule has 0 bridgehead atoms. The summed E-state index contributed by atoms with van der Waals surface area (Å²) in [6.07, 6.45) is 0. The van der Waals surface area contributed by atoms with E-state index in [-0.39, 0.29) is 12.5 Å². The molecule has 124 valence electrons. The molecule has 2 heterocycles. The minimum atomic E-state index is -0.144. The van der Waals surface area contributed by atoms with Crippen LogP contribution in [0.3, 0.4) is 0 Å². The van der Waals surface area contributed by atoms with E-state index >= 15 is 0 Å². The number of carbonyl (C=O) groups is 1. The number of likely N-dealkylation sites (N-methyl/N-ethyl adjacent to an activating group) is 1. The normalized spacial score (nSPS) is 12.7. The molecule has 1 aliphatic heterocycles. The summed E-state index contributed by atoms with van der Waals surface area (Å²) in [5, 5.41) is 14.1. The highest BCUT2D eigenvalue weighted by atomic mass is 32.1. The van der Waals surface area contributed by atoms with Crippen LogP contribution in [0, 0.1) is 11.3 Å². The van der Waals surface area contributed by atoms with Crippen LogP contribution in [0.25, 0.3) is 0 Å². The van der Waals surface area contributed by atoms with Gasteiger partial charge in [-0.3, -0.25) is 9.69 Å². The van der Waals surface area contributed by atoms with Gasteiger partial charge in [0.15, 0.2) is 11.5 Å². The fourth-order valence-electron chi connectivity index (χ4n) is 2.46. The SMILES string of the molecule is CN(CC(=O)Nc1sccc1C#N)Cc1ccc2c(c1)OCCO2. The van der Waals surface area contributed by atoms with Gasteiger partial charge < -0.3 is 14.8 Å². The lowest BCUT2D eigenvalue weighted by atomic mass is 10.2. The lowest BCUT2D eigenvalue weighted by Crippen LogP contribution is -2.29. The van der Waals surface area contributed by atoms with Crippen LogP contribution in [-0.2, 0) is 11.3 Å². The molecule has 1 aliphatic rings. The molecule has 0 spiro atoms. The summed E-state index contributed by atoms with van der Waals surface area (Å²) < 4.78 is 11.1. The molecule has 0 fully saturated rings. The van der Waals surface area contributed by atoms with Gasteiger partial charge in [0.25, 0.3) is 0 Å². The maximum absolute atomic E-state index is 12.1. The van der Waals surface area contributed by atoms with Gasteiger partial charge in [-0.2, -0.15) is 5.26 Å². The third-order valence-electron chi connectivity index (χ3n) is 3.51. The fourth-order valence-corrected chi connectivity index (χ4v) is 3.21. The summed E-state index contributed by atoms with van der Waals surface area (Å²) in [6.45, 7) is 1.97. The maximum atomic E-state index is 12.1. The van der Waals surface area contributed by atoms with Crippen molar-refractivity contribution in [3.05, 3.63) is 40.8 Å². The molecule has 1 aromatic heterocycles. The van der Waals surface area contributed by atoms with Crippen molar-refractivity contribution in [2.45, 2.75) is 6.54 Å². The number of thiophene rings is 1. The van der Waals surface area contributed by atoms with Gasteiger partial charge in [0, 0.05) is 6.54 Å². The Balaban J connectivity index is 1.56. The Morgan fingerprint density at radius 3 is 2.92 bits per heavy atom. The second kappa shape index (κ2) is 7.34. The summed E-state index contributed by atoms with van der Waals surface area (Å²) in [4.78, 5) is 14.0. The van der Waals surface area contributed by atoms with Crippen LogP contribution in [0.5, 0.6) is 11.5 Å². The van der Waals surface area contributed by atoms with E-state index < -0.39 is 0 Å². The molecular weight excluding hydrogens is 326 g/mol. The minimum absolute atomic E-state index is 0.144. The fraction of sp³-hybridized carbons (Fsp3) is 0.294. The Bertz CT molecular complexity index is 782. The molecule has 1 aromatic carbocycles. The van der Waals surface area contributed by atoms with E-state index in [1.807, 2.05) is 30.1 Å². The highest BCUT2D eigenvalue weighted by Crippen LogP contribution is 2.31. The van der Waals surface area contributed by atoms with Gasteiger partial charge in [-0.15, -0.1) is 11.3 Å². The molecule has 0 atom stereocenters. The standard InChI is InChI=1S/C17H17N3O3S/c1-20(11-16(21)19-17-13(9-18)4-7-24-17)10-12-2-3-14-15(8-12)23-6-5-22-14/h2-4,7-8H,5-6,10-11H2,1H3,(H,19,21). The van der Waals surface area contributed by atoms with E-state index in [0.29, 0.717) is 30.3 Å². The van der Waals surface area contributed by atoms with Crippen LogP contribution in [0.2, 0.25) is 0 Å². The Kier molecular flexibility index (Phi) is 4.99. The average Bonchev–Trinajstić information content (AvgIpc) is 3.01. The number of benzene rings is 1. The summed E-state index contributed by atoms with van der Waals surface area (Å²) >= 11 is 1.35. The van der Waals surface area contributed by atoms with Crippen molar-refractivity contribution in [2.24, 2.45) is 0 Å². The van der Waals surface area contributed by atoms with Crippen LogP contribution in [0.1, 0.15) is 11.1 Å². The zero-order chi connectivity index (χ0) is 16.9. The number of hydrogen-bond donors (Lipinski definition) is 1. The first-order chi connectivity index (χ1) is 11.7. The van der Waals surface area contributed by atoms with Crippen molar-refractivity contribution >= 4 is 22.2 Å². The number of nitrogens with one attached hydrogen (secondary N) is 1. The van der Waals surface area contributed by atoms with Gasteiger partial charge in [0.05, 0.1) is 12.1 Å². The first kappa shape index (κ1) is 16.3. The van der Waals surface area contributed by atoms with Crippen molar-refractivity contribution in [1.82, 2.24) is 4.90 Å². The third kappa shape index (κ3) is 3.85. The van der Waals surface area contributed by atoms with E-state index in [9.17, 15) is 4.79 Å². The Hall–Kier alpha value is -2.56. The number of fused-ring (bicyclic) bond motifs is 1. The molecular formula is C17H17N3O3S. The average molecular weight is 343 g/mol. The van der Waals surface area contributed by atoms with Gasteiger partial charge in [-0.05, 0) is 36.2 Å². The molecule has 0 saturated carbocycles. The van der Waals surface area contributed by atoms with Gasteiger partial charge in [-0.1, -0.05) is 6.07 Å². The van der Waals surface area contributed by atoms with E-state index in [1.165, 1.54) is 11.3 Å². The monoisotopic (exact) mass is 343 g/mol. The zero-order valence-corrected chi connectivity index (χ0v) is 14.1. The van der Waals surface area contributed by atoms with Crippen molar-refractivity contribution in [3.63, 3.8) is 0 Å². The maximum Gasteiger partial charge on any atom is 0.239 e. The van der Waals surface area contributed by atoms with Crippen molar-refractivity contribution in [3.8, 4) is 17.6 Å². The number of ether oxygens (including phenoxy) is 2. The third-order valence-corrected chi connectivity index (χ3v) is 4.34. The van der Waals surface area contributed by atoms with Crippen molar-refractivity contribution in [2.75, 3.05) is 32.1 Å². The molecule has 0 aliphatic carbocycles. The van der Waals surface area contributed by atoms with Crippen LogP contribution in [0.15, 0.2) is 29.6 Å². The largest absolute Gasteiger partial charge is 0.486 e. The molecule has 24 heavy (non-hydrogen) atoms.